The Kier molecular flexibility index (Phi) is 1.91. The molecule has 4 rings (SSSR count). The molecule has 0 aliphatic heterocycles. The second-order valence-electron chi connectivity index (χ2n) is 4.39. The first-order chi connectivity index (χ1) is 8.81. The monoisotopic (exact) mass is 252 g/mol. The number of fused-ring (bicyclic) bond motifs is 4. The summed E-state index contributed by atoms with van der Waals surface area (Å²) in [4.78, 5) is 8.09. The number of pyridine rings is 1. The van der Waals surface area contributed by atoms with Gasteiger partial charge in [0.25, 0.3) is 0 Å². The Bertz CT molecular complexity index is 893. The Morgan fingerprint density at radius 2 is 1.83 bits per heavy atom. The van der Waals surface area contributed by atoms with E-state index in [4.69, 9.17) is 16.6 Å². The van der Waals surface area contributed by atoms with Gasteiger partial charge < -0.3 is 4.98 Å². The van der Waals surface area contributed by atoms with Crippen LogP contribution in [0.15, 0.2) is 48.5 Å². The van der Waals surface area contributed by atoms with Gasteiger partial charge in [0.1, 0.15) is 0 Å². The molecule has 0 aliphatic rings. The average molecular weight is 253 g/mol. The van der Waals surface area contributed by atoms with Gasteiger partial charge in [0.2, 0.25) is 0 Å². The molecule has 0 spiro atoms. The Morgan fingerprint density at radius 3 is 2.78 bits per heavy atom. The number of nitrogens with one attached hydrogen (secondary N) is 1. The summed E-state index contributed by atoms with van der Waals surface area (Å²) in [5.41, 5.74) is 4.09. The molecule has 4 aromatic rings. The summed E-state index contributed by atoms with van der Waals surface area (Å²) in [6.45, 7) is 0. The van der Waals surface area contributed by atoms with Crippen LogP contribution in [0.3, 0.4) is 0 Å². The lowest BCUT2D eigenvalue weighted by molar-refractivity contribution is 1.49. The molecule has 86 valence electrons. The Labute approximate surface area is 108 Å². The van der Waals surface area contributed by atoms with Gasteiger partial charge in [-0.05, 0) is 30.3 Å². The lowest BCUT2D eigenvalue weighted by Crippen LogP contribution is -1.79. The van der Waals surface area contributed by atoms with Gasteiger partial charge in [-0.1, -0.05) is 29.8 Å². The Balaban J connectivity index is 2.23. The summed E-state index contributed by atoms with van der Waals surface area (Å²) in [5, 5.41) is 2.99. The van der Waals surface area contributed by atoms with Gasteiger partial charge in [0.05, 0.1) is 16.6 Å². The molecule has 0 unspecified atom stereocenters. The van der Waals surface area contributed by atoms with E-state index in [9.17, 15) is 0 Å². The maximum absolute atomic E-state index is 6.01. The smallest absolute Gasteiger partial charge is 0.0965 e. The highest BCUT2D eigenvalue weighted by molar-refractivity contribution is 6.31. The SMILES string of the molecule is Clc1ccc2c(c1)[nH]c1cc3ccccc3nc12. The predicted octanol–water partition coefficient (Wildman–Crippen LogP) is 4.52. The van der Waals surface area contributed by atoms with E-state index in [1.807, 2.05) is 36.4 Å². The largest absolute Gasteiger partial charge is 0.353 e. The minimum absolute atomic E-state index is 0.735. The first-order valence-corrected chi connectivity index (χ1v) is 6.16. The fourth-order valence-corrected chi connectivity index (χ4v) is 2.56. The summed E-state index contributed by atoms with van der Waals surface area (Å²) in [7, 11) is 0. The van der Waals surface area contributed by atoms with Crippen molar-refractivity contribution in [3.63, 3.8) is 0 Å². The summed E-state index contributed by atoms with van der Waals surface area (Å²) in [5.74, 6) is 0. The van der Waals surface area contributed by atoms with Crippen LogP contribution in [0.25, 0.3) is 32.8 Å². The standard InChI is InChI=1S/C15H9ClN2/c16-10-5-6-11-13(8-10)17-14-7-9-3-1-2-4-12(9)18-15(11)14/h1-8,17H. The van der Waals surface area contributed by atoms with Crippen molar-refractivity contribution in [1.29, 1.82) is 0 Å². The molecule has 3 heteroatoms. The highest BCUT2D eigenvalue weighted by Gasteiger charge is 2.07. The van der Waals surface area contributed by atoms with Gasteiger partial charge in [-0.25, -0.2) is 4.98 Å². The van der Waals surface area contributed by atoms with Gasteiger partial charge in [0.15, 0.2) is 0 Å². The van der Waals surface area contributed by atoms with E-state index in [1.165, 1.54) is 0 Å². The minimum Gasteiger partial charge on any atom is -0.353 e. The summed E-state index contributed by atoms with van der Waals surface area (Å²) in [6, 6.07) is 16.1. The molecule has 0 atom stereocenters. The quantitative estimate of drug-likeness (QED) is 0.490. The number of nitrogens with zero attached hydrogens (tertiary/aromatic N) is 1. The Hall–Kier alpha value is -2.06. The van der Waals surface area contributed by atoms with Gasteiger partial charge in [0, 0.05) is 21.3 Å². The third-order valence-corrected chi connectivity index (χ3v) is 3.47. The highest BCUT2D eigenvalue weighted by atomic mass is 35.5. The number of aromatic amines is 1. The zero-order valence-corrected chi connectivity index (χ0v) is 10.2. The number of H-pyrrole nitrogens is 1. The van der Waals surface area contributed by atoms with Crippen molar-refractivity contribution in [2.24, 2.45) is 0 Å². The number of hydrogen-bond donors (Lipinski definition) is 1. The van der Waals surface area contributed by atoms with E-state index in [-0.39, 0.29) is 0 Å². The van der Waals surface area contributed by atoms with Crippen molar-refractivity contribution in [3.8, 4) is 0 Å². The zero-order valence-electron chi connectivity index (χ0n) is 9.44. The van der Waals surface area contributed by atoms with E-state index in [2.05, 4.69) is 17.1 Å². The predicted molar refractivity (Wildman–Crippen MR) is 76.1 cm³/mol. The first-order valence-electron chi connectivity index (χ1n) is 5.78. The molecular weight excluding hydrogens is 244 g/mol. The molecule has 0 bridgehead atoms. The van der Waals surface area contributed by atoms with Gasteiger partial charge in [-0.15, -0.1) is 0 Å². The van der Waals surface area contributed by atoms with Crippen LogP contribution in [0.4, 0.5) is 0 Å². The van der Waals surface area contributed by atoms with Crippen molar-refractivity contribution in [1.82, 2.24) is 9.97 Å². The van der Waals surface area contributed by atoms with Crippen LogP contribution in [0.2, 0.25) is 5.02 Å². The molecular formula is C15H9ClN2. The van der Waals surface area contributed by atoms with Crippen LogP contribution in [0.1, 0.15) is 0 Å². The lowest BCUT2D eigenvalue weighted by Gasteiger charge is -1.97. The van der Waals surface area contributed by atoms with Crippen molar-refractivity contribution in [2.75, 3.05) is 0 Å². The molecule has 2 aromatic heterocycles. The molecule has 0 saturated heterocycles. The van der Waals surface area contributed by atoms with Crippen LogP contribution >= 0.6 is 11.6 Å². The third kappa shape index (κ3) is 1.33. The van der Waals surface area contributed by atoms with E-state index in [1.54, 1.807) is 0 Å². The zero-order chi connectivity index (χ0) is 12.1. The van der Waals surface area contributed by atoms with E-state index in [0.717, 1.165) is 37.9 Å². The second kappa shape index (κ2) is 3.47. The van der Waals surface area contributed by atoms with Crippen LogP contribution in [0.5, 0.6) is 0 Å². The minimum atomic E-state index is 0.735. The van der Waals surface area contributed by atoms with Gasteiger partial charge in [-0.2, -0.15) is 0 Å². The van der Waals surface area contributed by atoms with Crippen molar-refractivity contribution in [3.05, 3.63) is 53.6 Å². The topological polar surface area (TPSA) is 28.7 Å². The third-order valence-electron chi connectivity index (χ3n) is 3.23. The molecule has 2 nitrogen and oxygen atoms in total. The first kappa shape index (κ1) is 9.92. The summed E-state index contributed by atoms with van der Waals surface area (Å²) in [6.07, 6.45) is 0. The van der Waals surface area contributed by atoms with Crippen molar-refractivity contribution < 1.29 is 0 Å². The van der Waals surface area contributed by atoms with E-state index < -0.39 is 0 Å². The molecule has 0 amide bonds. The molecule has 0 aliphatic carbocycles. The lowest BCUT2D eigenvalue weighted by atomic mass is 10.2. The molecule has 1 N–H and O–H groups in total. The molecule has 0 saturated carbocycles. The maximum Gasteiger partial charge on any atom is 0.0965 e. The number of halogens is 1. The van der Waals surface area contributed by atoms with Crippen molar-refractivity contribution in [2.45, 2.75) is 0 Å². The number of para-hydroxylation sites is 1. The van der Waals surface area contributed by atoms with Crippen LogP contribution < -0.4 is 0 Å². The fraction of sp³-hybridized carbons (Fsp3) is 0. The molecule has 2 aromatic carbocycles. The van der Waals surface area contributed by atoms with Crippen LogP contribution in [-0.2, 0) is 0 Å². The van der Waals surface area contributed by atoms with Crippen molar-refractivity contribution >= 4 is 44.4 Å². The molecule has 0 fully saturated rings. The molecule has 0 radical (unpaired) electrons. The number of benzene rings is 2. The highest BCUT2D eigenvalue weighted by Crippen LogP contribution is 2.28. The number of hydrogen-bond acceptors (Lipinski definition) is 1. The van der Waals surface area contributed by atoms with E-state index >= 15 is 0 Å². The van der Waals surface area contributed by atoms with Gasteiger partial charge in [-0.3, -0.25) is 0 Å². The van der Waals surface area contributed by atoms with E-state index in [0.29, 0.717) is 0 Å². The Morgan fingerprint density at radius 1 is 0.944 bits per heavy atom. The maximum atomic E-state index is 6.01. The summed E-state index contributed by atoms with van der Waals surface area (Å²) < 4.78 is 0. The van der Waals surface area contributed by atoms with Crippen LogP contribution in [0, 0.1) is 0 Å². The molecule has 2 heterocycles. The number of aromatic nitrogens is 2. The normalized spacial score (nSPS) is 11.6. The summed E-state index contributed by atoms with van der Waals surface area (Å²) >= 11 is 6.01. The average Bonchev–Trinajstić information content (AvgIpc) is 2.72. The second-order valence-corrected chi connectivity index (χ2v) is 4.83. The van der Waals surface area contributed by atoms with Gasteiger partial charge >= 0.3 is 0 Å². The fourth-order valence-electron chi connectivity index (χ4n) is 2.39. The number of rotatable bonds is 0. The molecule has 18 heavy (non-hydrogen) atoms. The van der Waals surface area contributed by atoms with Crippen LogP contribution in [-0.4, -0.2) is 9.97 Å².